The minimum absolute atomic E-state index is 0.0770. The van der Waals surface area contributed by atoms with Gasteiger partial charge in [-0.25, -0.2) is 4.79 Å². The SMILES string of the molecule is COc1cc(-c2ccccc2)c(C)c(B2OC(C)(C)C(C)(C)O2)c1C(=O)O. The molecule has 0 aliphatic carbocycles. The van der Waals surface area contributed by atoms with E-state index in [9.17, 15) is 9.90 Å². The van der Waals surface area contributed by atoms with Gasteiger partial charge in [-0.1, -0.05) is 30.3 Å². The highest BCUT2D eigenvalue weighted by molar-refractivity contribution is 6.64. The van der Waals surface area contributed by atoms with Crippen LogP contribution in [0, 0.1) is 6.92 Å². The molecule has 0 aromatic heterocycles. The predicted octanol–water partition coefficient (Wildman–Crippen LogP) is 3.67. The first-order valence-corrected chi connectivity index (χ1v) is 8.95. The fourth-order valence-corrected chi connectivity index (χ4v) is 3.33. The zero-order valence-corrected chi connectivity index (χ0v) is 16.6. The van der Waals surface area contributed by atoms with Crippen LogP contribution < -0.4 is 10.2 Å². The van der Waals surface area contributed by atoms with Crippen LogP contribution in [0.3, 0.4) is 0 Å². The van der Waals surface area contributed by atoms with Crippen molar-refractivity contribution in [1.29, 1.82) is 0 Å². The summed E-state index contributed by atoms with van der Waals surface area (Å²) in [7, 11) is 0.679. The maximum absolute atomic E-state index is 12.1. The number of hydrogen-bond acceptors (Lipinski definition) is 4. The second-order valence-electron chi connectivity index (χ2n) is 7.80. The summed E-state index contributed by atoms with van der Waals surface area (Å²) in [6.45, 7) is 9.68. The van der Waals surface area contributed by atoms with E-state index in [0.29, 0.717) is 5.46 Å². The number of carbonyl (C=O) groups is 1. The third-order valence-electron chi connectivity index (χ3n) is 5.61. The molecular weight excluding hydrogens is 343 g/mol. The lowest BCUT2D eigenvalue weighted by molar-refractivity contribution is 0.00578. The molecule has 5 nitrogen and oxygen atoms in total. The summed E-state index contributed by atoms with van der Waals surface area (Å²) in [5, 5.41) is 9.89. The van der Waals surface area contributed by atoms with Crippen molar-refractivity contribution in [3.8, 4) is 16.9 Å². The molecule has 0 saturated carbocycles. The Morgan fingerprint density at radius 3 is 2.11 bits per heavy atom. The lowest BCUT2D eigenvalue weighted by Crippen LogP contribution is -2.41. The monoisotopic (exact) mass is 368 g/mol. The third kappa shape index (κ3) is 3.24. The summed E-state index contributed by atoms with van der Waals surface area (Å²) < 4.78 is 17.8. The van der Waals surface area contributed by atoms with Crippen LogP contribution in [0.4, 0.5) is 0 Å². The van der Waals surface area contributed by atoms with Gasteiger partial charge in [0.2, 0.25) is 0 Å². The van der Waals surface area contributed by atoms with Crippen molar-refractivity contribution in [3.63, 3.8) is 0 Å². The average molecular weight is 368 g/mol. The normalized spacial score (nSPS) is 17.8. The molecule has 1 N–H and O–H groups in total. The maximum Gasteiger partial charge on any atom is 0.496 e. The fourth-order valence-electron chi connectivity index (χ4n) is 3.33. The van der Waals surface area contributed by atoms with Crippen molar-refractivity contribution in [2.75, 3.05) is 7.11 Å². The van der Waals surface area contributed by atoms with Gasteiger partial charge in [0.1, 0.15) is 11.3 Å². The Labute approximate surface area is 160 Å². The van der Waals surface area contributed by atoms with Gasteiger partial charge in [0, 0.05) is 5.46 Å². The molecule has 3 rings (SSSR count). The van der Waals surface area contributed by atoms with E-state index in [0.717, 1.165) is 16.7 Å². The van der Waals surface area contributed by atoms with E-state index >= 15 is 0 Å². The second kappa shape index (κ2) is 6.70. The first kappa shape index (κ1) is 19.5. The lowest BCUT2D eigenvalue weighted by atomic mass is 9.71. The number of carboxylic acids is 1. The Balaban J connectivity index is 2.27. The highest BCUT2D eigenvalue weighted by Gasteiger charge is 2.53. The van der Waals surface area contributed by atoms with Crippen LogP contribution in [-0.2, 0) is 9.31 Å². The minimum atomic E-state index is -1.07. The molecule has 0 radical (unpaired) electrons. The van der Waals surface area contributed by atoms with E-state index in [4.69, 9.17) is 14.0 Å². The molecule has 27 heavy (non-hydrogen) atoms. The molecule has 2 aromatic carbocycles. The molecule has 142 valence electrons. The van der Waals surface area contributed by atoms with Crippen molar-refractivity contribution in [1.82, 2.24) is 0 Å². The standard InChI is InChI=1S/C21H25BO5/c1-13-15(14-10-8-7-9-11-14)12-16(25-6)17(19(23)24)18(13)22-26-20(2,3)21(4,5)27-22/h7-12H,1-6H3,(H,23,24). The molecule has 1 heterocycles. The van der Waals surface area contributed by atoms with Gasteiger partial charge in [0.15, 0.2) is 0 Å². The Morgan fingerprint density at radius 1 is 1.07 bits per heavy atom. The largest absolute Gasteiger partial charge is 0.496 e. The van der Waals surface area contributed by atoms with E-state index in [1.807, 2.05) is 65.0 Å². The quantitative estimate of drug-likeness (QED) is 0.835. The highest BCUT2D eigenvalue weighted by Crippen LogP contribution is 2.39. The number of carboxylic acid groups (broad SMARTS) is 1. The van der Waals surface area contributed by atoms with E-state index in [-0.39, 0.29) is 11.3 Å². The Hall–Kier alpha value is -2.31. The van der Waals surface area contributed by atoms with E-state index in [2.05, 4.69) is 0 Å². The molecule has 0 unspecified atom stereocenters. The van der Waals surface area contributed by atoms with E-state index in [1.165, 1.54) is 7.11 Å². The van der Waals surface area contributed by atoms with Gasteiger partial charge in [-0.05, 0) is 57.4 Å². The number of ether oxygens (including phenoxy) is 1. The highest BCUT2D eigenvalue weighted by atomic mass is 16.7. The van der Waals surface area contributed by atoms with E-state index in [1.54, 1.807) is 6.07 Å². The third-order valence-corrected chi connectivity index (χ3v) is 5.61. The van der Waals surface area contributed by atoms with Crippen LogP contribution in [0.5, 0.6) is 5.75 Å². The summed E-state index contributed by atoms with van der Waals surface area (Å²) in [6, 6.07) is 11.6. The van der Waals surface area contributed by atoms with Crippen molar-refractivity contribution in [2.24, 2.45) is 0 Å². The van der Waals surface area contributed by atoms with Crippen LogP contribution in [0.25, 0.3) is 11.1 Å². The smallest absolute Gasteiger partial charge is 0.496 e. The van der Waals surface area contributed by atoms with Crippen molar-refractivity contribution in [3.05, 3.63) is 47.5 Å². The zero-order chi connectivity index (χ0) is 20.0. The molecule has 1 aliphatic rings. The summed E-state index contributed by atoms with van der Waals surface area (Å²) in [5.41, 5.74) is 2.10. The number of methoxy groups -OCH3 is 1. The number of hydrogen-bond donors (Lipinski definition) is 1. The number of benzene rings is 2. The van der Waals surface area contributed by atoms with Gasteiger partial charge in [-0.15, -0.1) is 0 Å². The van der Waals surface area contributed by atoms with Gasteiger partial charge in [-0.3, -0.25) is 0 Å². The fraction of sp³-hybridized carbons (Fsp3) is 0.381. The Morgan fingerprint density at radius 2 is 1.63 bits per heavy atom. The molecule has 1 aliphatic heterocycles. The number of rotatable bonds is 4. The van der Waals surface area contributed by atoms with E-state index < -0.39 is 24.3 Å². The zero-order valence-electron chi connectivity index (χ0n) is 16.6. The molecule has 1 saturated heterocycles. The van der Waals surface area contributed by atoms with Crippen LogP contribution in [0.15, 0.2) is 36.4 Å². The molecule has 6 heteroatoms. The molecule has 0 bridgehead atoms. The van der Waals surface area contributed by atoms with Gasteiger partial charge in [0.25, 0.3) is 0 Å². The predicted molar refractivity (Wildman–Crippen MR) is 106 cm³/mol. The first-order valence-electron chi connectivity index (χ1n) is 8.95. The number of aromatic carboxylic acids is 1. The summed E-state index contributed by atoms with van der Waals surface area (Å²) in [6.07, 6.45) is 0. The average Bonchev–Trinajstić information content (AvgIpc) is 2.82. The molecule has 2 aromatic rings. The van der Waals surface area contributed by atoms with Crippen molar-refractivity contribution in [2.45, 2.75) is 45.8 Å². The van der Waals surface area contributed by atoms with Gasteiger partial charge < -0.3 is 19.2 Å². The Bertz CT molecular complexity index is 858. The van der Waals surface area contributed by atoms with Gasteiger partial charge in [-0.2, -0.15) is 0 Å². The van der Waals surface area contributed by atoms with Gasteiger partial charge >= 0.3 is 13.1 Å². The molecule has 0 amide bonds. The van der Waals surface area contributed by atoms with Crippen LogP contribution >= 0.6 is 0 Å². The summed E-state index contributed by atoms with van der Waals surface area (Å²) in [5.74, 6) is -0.782. The van der Waals surface area contributed by atoms with Crippen LogP contribution in [-0.4, -0.2) is 36.5 Å². The first-order chi connectivity index (χ1) is 12.6. The van der Waals surface area contributed by atoms with Gasteiger partial charge in [0.05, 0.1) is 18.3 Å². The molecule has 1 fully saturated rings. The van der Waals surface area contributed by atoms with Crippen LogP contribution in [0.2, 0.25) is 0 Å². The Kier molecular flexibility index (Phi) is 4.82. The molecular formula is C21H25BO5. The molecule has 0 atom stereocenters. The lowest BCUT2D eigenvalue weighted by Gasteiger charge is -2.32. The second-order valence-corrected chi connectivity index (χ2v) is 7.80. The van der Waals surface area contributed by atoms with Crippen molar-refractivity contribution < 1.29 is 23.9 Å². The topological polar surface area (TPSA) is 65.0 Å². The molecule has 0 spiro atoms. The van der Waals surface area contributed by atoms with Crippen molar-refractivity contribution >= 4 is 18.6 Å². The minimum Gasteiger partial charge on any atom is -0.496 e. The summed E-state index contributed by atoms with van der Waals surface area (Å²) in [4.78, 5) is 12.1. The summed E-state index contributed by atoms with van der Waals surface area (Å²) >= 11 is 0. The van der Waals surface area contributed by atoms with Crippen LogP contribution in [0.1, 0.15) is 43.6 Å². The maximum atomic E-state index is 12.1.